The molecule has 0 bridgehead atoms. The quantitative estimate of drug-likeness (QED) is 0.882. The fraction of sp³-hybridized carbons (Fsp3) is 0.286. The number of rotatable bonds is 6. The van der Waals surface area contributed by atoms with Crippen LogP contribution in [-0.2, 0) is 24.2 Å². The zero-order chi connectivity index (χ0) is 13.7. The van der Waals surface area contributed by atoms with E-state index in [4.69, 9.17) is 9.84 Å². The van der Waals surface area contributed by atoms with Crippen LogP contribution in [0.1, 0.15) is 23.2 Å². The second-order valence-electron chi connectivity index (χ2n) is 4.09. The highest BCUT2D eigenvalue weighted by atomic mass is 32.1. The first-order chi connectivity index (χ1) is 9.17. The first-order valence-corrected chi connectivity index (χ1v) is 6.92. The summed E-state index contributed by atoms with van der Waals surface area (Å²) in [6.45, 7) is 2.48. The van der Waals surface area contributed by atoms with Crippen molar-refractivity contribution in [2.75, 3.05) is 0 Å². The van der Waals surface area contributed by atoms with E-state index in [1.807, 2.05) is 24.3 Å². The molecule has 0 atom stereocenters. The predicted octanol–water partition coefficient (Wildman–Crippen LogP) is 2.91. The maximum atomic E-state index is 10.6. The maximum absolute atomic E-state index is 10.6. The molecule has 1 aromatic heterocycles. The lowest BCUT2D eigenvalue weighted by atomic mass is 10.2. The molecule has 2 aromatic rings. The van der Waals surface area contributed by atoms with Gasteiger partial charge in [0.1, 0.15) is 17.4 Å². The van der Waals surface area contributed by atoms with Crippen LogP contribution in [0.5, 0.6) is 5.75 Å². The molecule has 100 valence electrons. The smallest absolute Gasteiger partial charge is 0.309 e. The van der Waals surface area contributed by atoms with Gasteiger partial charge in [-0.2, -0.15) is 0 Å². The lowest BCUT2D eigenvalue weighted by molar-refractivity contribution is -0.136. The van der Waals surface area contributed by atoms with E-state index in [1.54, 1.807) is 5.38 Å². The van der Waals surface area contributed by atoms with Gasteiger partial charge in [0.05, 0.1) is 12.1 Å². The average Bonchev–Trinajstić information content (AvgIpc) is 2.84. The van der Waals surface area contributed by atoms with E-state index in [9.17, 15) is 4.79 Å². The van der Waals surface area contributed by atoms with Crippen molar-refractivity contribution in [3.05, 3.63) is 45.9 Å². The van der Waals surface area contributed by atoms with Crippen LogP contribution in [0.2, 0.25) is 0 Å². The summed E-state index contributed by atoms with van der Waals surface area (Å²) in [5, 5.41) is 11.2. The van der Waals surface area contributed by atoms with Gasteiger partial charge >= 0.3 is 5.97 Å². The van der Waals surface area contributed by atoms with Crippen molar-refractivity contribution in [3.8, 4) is 5.75 Å². The number of hydrogen-bond donors (Lipinski definition) is 1. The van der Waals surface area contributed by atoms with Crippen molar-refractivity contribution in [2.45, 2.75) is 26.4 Å². The molecule has 1 heterocycles. The van der Waals surface area contributed by atoms with E-state index in [0.29, 0.717) is 12.3 Å². The van der Waals surface area contributed by atoms with Crippen molar-refractivity contribution in [1.29, 1.82) is 0 Å². The van der Waals surface area contributed by atoms with Crippen LogP contribution < -0.4 is 4.74 Å². The van der Waals surface area contributed by atoms with Gasteiger partial charge in [0, 0.05) is 5.38 Å². The molecule has 5 heteroatoms. The number of carbonyl (C=O) groups is 1. The minimum atomic E-state index is -0.868. The SMILES string of the molecule is CCc1ccc(OCc2nc(CC(=O)O)cs2)cc1. The highest BCUT2D eigenvalue weighted by Gasteiger charge is 2.06. The molecule has 0 amide bonds. The second-order valence-corrected chi connectivity index (χ2v) is 5.03. The molecule has 0 spiro atoms. The molecule has 0 aliphatic rings. The summed E-state index contributed by atoms with van der Waals surface area (Å²) < 4.78 is 5.61. The zero-order valence-electron chi connectivity index (χ0n) is 10.6. The number of aryl methyl sites for hydroxylation is 1. The van der Waals surface area contributed by atoms with E-state index >= 15 is 0 Å². The number of aromatic nitrogens is 1. The number of aliphatic carboxylic acids is 1. The molecular formula is C14H15NO3S. The Hall–Kier alpha value is -1.88. The van der Waals surface area contributed by atoms with Gasteiger partial charge in [-0.15, -0.1) is 11.3 Å². The van der Waals surface area contributed by atoms with Gasteiger partial charge in [-0.05, 0) is 24.1 Å². The van der Waals surface area contributed by atoms with Crippen molar-refractivity contribution in [2.24, 2.45) is 0 Å². The van der Waals surface area contributed by atoms with Gasteiger partial charge in [-0.25, -0.2) is 4.98 Å². The van der Waals surface area contributed by atoms with Gasteiger partial charge in [-0.3, -0.25) is 4.79 Å². The minimum Gasteiger partial charge on any atom is -0.486 e. The number of ether oxygens (including phenoxy) is 1. The lowest BCUT2D eigenvalue weighted by Gasteiger charge is -2.04. The first-order valence-electron chi connectivity index (χ1n) is 6.04. The summed E-state index contributed by atoms with van der Waals surface area (Å²) >= 11 is 1.42. The van der Waals surface area contributed by atoms with E-state index in [2.05, 4.69) is 11.9 Å². The largest absolute Gasteiger partial charge is 0.486 e. The van der Waals surface area contributed by atoms with Crippen molar-refractivity contribution in [3.63, 3.8) is 0 Å². The molecule has 0 fully saturated rings. The third kappa shape index (κ3) is 4.06. The van der Waals surface area contributed by atoms with Gasteiger partial charge < -0.3 is 9.84 Å². The molecule has 0 aliphatic carbocycles. The van der Waals surface area contributed by atoms with Crippen LogP contribution in [0.25, 0.3) is 0 Å². The number of nitrogens with zero attached hydrogens (tertiary/aromatic N) is 1. The van der Waals surface area contributed by atoms with Crippen LogP contribution in [-0.4, -0.2) is 16.1 Å². The lowest BCUT2D eigenvalue weighted by Crippen LogP contribution is -2.01. The monoisotopic (exact) mass is 277 g/mol. The Morgan fingerprint density at radius 3 is 2.74 bits per heavy atom. The summed E-state index contributed by atoms with van der Waals surface area (Å²) in [5.74, 6) is -0.0693. The molecule has 0 unspecified atom stereocenters. The topological polar surface area (TPSA) is 59.4 Å². The number of carboxylic acid groups (broad SMARTS) is 1. The Morgan fingerprint density at radius 1 is 1.37 bits per heavy atom. The van der Waals surface area contributed by atoms with Crippen LogP contribution in [0.4, 0.5) is 0 Å². The Balaban J connectivity index is 1.90. The third-order valence-corrected chi connectivity index (χ3v) is 3.50. The van der Waals surface area contributed by atoms with Gasteiger partial charge in [0.15, 0.2) is 0 Å². The minimum absolute atomic E-state index is 0.0400. The van der Waals surface area contributed by atoms with Crippen LogP contribution >= 0.6 is 11.3 Å². The highest BCUT2D eigenvalue weighted by molar-refractivity contribution is 7.09. The Morgan fingerprint density at radius 2 is 2.11 bits per heavy atom. The molecule has 0 aliphatic heterocycles. The van der Waals surface area contributed by atoms with Crippen molar-refractivity contribution in [1.82, 2.24) is 4.98 Å². The molecule has 0 radical (unpaired) electrons. The highest BCUT2D eigenvalue weighted by Crippen LogP contribution is 2.16. The molecule has 0 saturated carbocycles. The molecule has 1 aromatic carbocycles. The van der Waals surface area contributed by atoms with Gasteiger partial charge in [-0.1, -0.05) is 19.1 Å². The third-order valence-electron chi connectivity index (χ3n) is 2.63. The Bertz CT molecular complexity index is 548. The molecule has 4 nitrogen and oxygen atoms in total. The summed E-state index contributed by atoms with van der Waals surface area (Å²) in [5.41, 5.74) is 1.85. The normalized spacial score (nSPS) is 10.4. The number of benzene rings is 1. The summed E-state index contributed by atoms with van der Waals surface area (Å²) in [7, 11) is 0. The zero-order valence-corrected chi connectivity index (χ0v) is 11.4. The number of thiazole rings is 1. The fourth-order valence-corrected chi connectivity index (χ4v) is 2.32. The van der Waals surface area contributed by atoms with E-state index < -0.39 is 5.97 Å². The van der Waals surface area contributed by atoms with Gasteiger partial charge in [0.2, 0.25) is 0 Å². The fourth-order valence-electron chi connectivity index (χ4n) is 1.62. The predicted molar refractivity (Wildman–Crippen MR) is 73.6 cm³/mol. The second kappa shape index (κ2) is 6.33. The van der Waals surface area contributed by atoms with E-state index in [0.717, 1.165) is 17.2 Å². The molecular weight excluding hydrogens is 262 g/mol. The Labute approximate surface area is 115 Å². The van der Waals surface area contributed by atoms with E-state index in [1.165, 1.54) is 16.9 Å². The first kappa shape index (κ1) is 13.5. The summed E-state index contributed by atoms with van der Waals surface area (Å²) in [6.07, 6.45) is 0.965. The summed E-state index contributed by atoms with van der Waals surface area (Å²) in [4.78, 5) is 14.8. The van der Waals surface area contributed by atoms with E-state index in [-0.39, 0.29) is 6.42 Å². The van der Waals surface area contributed by atoms with Gasteiger partial charge in [0.25, 0.3) is 0 Å². The number of hydrogen-bond acceptors (Lipinski definition) is 4. The van der Waals surface area contributed by atoms with Crippen molar-refractivity contribution >= 4 is 17.3 Å². The van der Waals surface area contributed by atoms with Crippen molar-refractivity contribution < 1.29 is 14.6 Å². The standard InChI is InChI=1S/C14H15NO3S/c1-2-10-3-5-12(6-4-10)18-8-13-15-11(9-19-13)7-14(16)17/h3-6,9H,2,7-8H2,1H3,(H,16,17). The molecule has 1 N–H and O–H groups in total. The van der Waals surface area contributed by atoms with Crippen LogP contribution in [0.3, 0.4) is 0 Å². The molecule has 19 heavy (non-hydrogen) atoms. The van der Waals surface area contributed by atoms with Crippen LogP contribution in [0, 0.1) is 0 Å². The van der Waals surface area contributed by atoms with Crippen LogP contribution in [0.15, 0.2) is 29.6 Å². The molecule has 2 rings (SSSR count). The molecule has 0 saturated heterocycles. The number of carboxylic acids is 1. The summed E-state index contributed by atoms with van der Waals surface area (Å²) in [6, 6.07) is 7.94. The Kier molecular flexibility index (Phi) is 4.52. The maximum Gasteiger partial charge on any atom is 0.309 e. The average molecular weight is 277 g/mol.